The molecule has 12 heteroatoms. The molecule has 0 fully saturated rings. The van der Waals surface area contributed by atoms with Gasteiger partial charge in [-0.15, -0.1) is 10.2 Å². The van der Waals surface area contributed by atoms with Crippen LogP contribution < -0.4 is 14.2 Å². The Kier molecular flexibility index (Phi) is 9.84. The first-order valence-corrected chi connectivity index (χ1v) is 13.8. The second kappa shape index (κ2) is 13.5. The fourth-order valence-corrected chi connectivity index (χ4v) is 5.43. The summed E-state index contributed by atoms with van der Waals surface area (Å²) in [5.74, 6) is 1.59. The monoisotopic (exact) mass is 586 g/mol. The molecule has 0 saturated carbocycles. The highest BCUT2D eigenvalue weighted by atomic mass is 35.5. The van der Waals surface area contributed by atoms with Crippen molar-refractivity contribution in [1.29, 1.82) is 0 Å². The molecule has 4 aromatic rings. The SMILES string of the molecule is CCOc1ccc(-n2c(C)nnc2S[C@H](C[N+](=O)[O-])c2cc(Cl)c(OCc3cccc(F)c3)c(OCC)c2)cc1. The van der Waals surface area contributed by atoms with E-state index in [1.54, 1.807) is 24.3 Å². The van der Waals surface area contributed by atoms with Gasteiger partial charge in [0.15, 0.2) is 16.7 Å². The predicted octanol–water partition coefficient (Wildman–Crippen LogP) is 6.85. The molecule has 0 aliphatic carbocycles. The van der Waals surface area contributed by atoms with Crippen LogP contribution in [0.3, 0.4) is 0 Å². The average molecular weight is 587 g/mol. The molecule has 9 nitrogen and oxygen atoms in total. The number of aromatic nitrogens is 3. The largest absolute Gasteiger partial charge is 0.494 e. The molecule has 210 valence electrons. The van der Waals surface area contributed by atoms with Gasteiger partial charge in [-0.2, -0.15) is 0 Å². The zero-order valence-corrected chi connectivity index (χ0v) is 23.7. The molecule has 0 spiro atoms. The van der Waals surface area contributed by atoms with Gasteiger partial charge in [0.1, 0.15) is 29.2 Å². The topological polar surface area (TPSA) is 102 Å². The van der Waals surface area contributed by atoms with Gasteiger partial charge in [-0.05, 0) is 80.4 Å². The highest BCUT2D eigenvalue weighted by Crippen LogP contribution is 2.43. The Bertz CT molecular complexity index is 1470. The number of nitro groups is 1. The number of ether oxygens (including phenoxy) is 3. The normalized spacial score (nSPS) is 11.7. The van der Waals surface area contributed by atoms with E-state index in [1.165, 1.54) is 23.9 Å². The zero-order valence-electron chi connectivity index (χ0n) is 22.2. The third kappa shape index (κ3) is 7.22. The van der Waals surface area contributed by atoms with Crippen LogP contribution >= 0.6 is 23.4 Å². The molecule has 0 saturated heterocycles. The first-order chi connectivity index (χ1) is 19.3. The van der Waals surface area contributed by atoms with Gasteiger partial charge >= 0.3 is 0 Å². The molecule has 0 radical (unpaired) electrons. The highest BCUT2D eigenvalue weighted by Gasteiger charge is 2.26. The van der Waals surface area contributed by atoms with Crippen LogP contribution in [0.5, 0.6) is 17.2 Å². The summed E-state index contributed by atoms with van der Waals surface area (Å²) in [5.41, 5.74) is 1.97. The Labute approximate surface area is 240 Å². The predicted molar refractivity (Wildman–Crippen MR) is 151 cm³/mol. The number of aryl methyl sites for hydroxylation is 1. The number of hydrogen-bond donors (Lipinski definition) is 0. The minimum absolute atomic E-state index is 0.0639. The van der Waals surface area contributed by atoms with Crippen molar-refractivity contribution in [3.05, 3.63) is 98.6 Å². The Balaban J connectivity index is 1.65. The van der Waals surface area contributed by atoms with Crippen LogP contribution in [0.4, 0.5) is 4.39 Å². The van der Waals surface area contributed by atoms with Gasteiger partial charge < -0.3 is 14.2 Å². The molecular formula is C28H28ClFN4O5S. The molecule has 40 heavy (non-hydrogen) atoms. The van der Waals surface area contributed by atoms with Gasteiger partial charge in [0, 0.05) is 10.6 Å². The number of nitrogens with zero attached hydrogens (tertiary/aromatic N) is 4. The lowest BCUT2D eigenvalue weighted by atomic mass is 10.1. The second-order valence-corrected chi connectivity index (χ2v) is 10.2. The van der Waals surface area contributed by atoms with E-state index < -0.39 is 11.8 Å². The van der Waals surface area contributed by atoms with E-state index in [2.05, 4.69) is 10.2 Å². The molecule has 1 atom stereocenters. The second-order valence-electron chi connectivity index (χ2n) is 8.60. The van der Waals surface area contributed by atoms with Crippen LogP contribution in [-0.4, -0.2) is 39.4 Å². The first-order valence-electron chi connectivity index (χ1n) is 12.6. The number of halogens is 2. The minimum Gasteiger partial charge on any atom is -0.494 e. The fourth-order valence-electron chi connectivity index (χ4n) is 4.01. The van der Waals surface area contributed by atoms with Gasteiger partial charge in [-0.1, -0.05) is 35.5 Å². The van der Waals surface area contributed by atoms with Crippen LogP contribution in [-0.2, 0) is 6.61 Å². The minimum atomic E-state index is -0.672. The van der Waals surface area contributed by atoms with Crippen LogP contribution in [0.1, 0.15) is 36.0 Å². The summed E-state index contributed by atoms with van der Waals surface area (Å²) in [4.78, 5) is 11.3. The van der Waals surface area contributed by atoms with Crippen molar-refractivity contribution < 1.29 is 23.5 Å². The maximum absolute atomic E-state index is 13.6. The van der Waals surface area contributed by atoms with Crippen LogP contribution in [0.25, 0.3) is 5.69 Å². The highest BCUT2D eigenvalue weighted by molar-refractivity contribution is 7.99. The molecule has 1 heterocycles. The molecule has 0 aliphatic heterocycles. The maximum Gasteiger partial charge on any atom is 0.220 e. The molecule has 4 rings (SSSR count). The average Bonchev–Trinajstić information content (AvgIpc) is 3.28. The Morgan fingerprint density at radius 1 is 1.05 bits per heavy atom. The third-order valence-electron chi connectivity index (χ3n) is 5.74. The van der Waals surface area contributed by atoms with E-state index in [1.807, 2.05) is 49.6 Å². The molecule has 1 aromatic heterocycles. The fraction of sp³-hybridized carbons (Fsp3) is 0.286. The molecule has 0 unspecified atom stereocenters. The molecule has 3 aromatic carbocycles. The number of hydrogen-bond acceptors (Lipinski definition) is 8. The Hall–Kier alpha value is -3.83. The lowest BCUT2D eigenvalue weighted by Crippen LogP contribution is -2.12. The van der Waals surface area contributed by atoms with Crippen molar-refractivity contribution >= 4 is 23.4 Å². The summed E-state index contributed by atoms with van der Waals surface area (Å²) in [7, 11) is 0. The summed E-state index contributed by atoms with van der Waals surface area (Å²) < 4.78 is 32.7. The number of thioether (sulfide) groups is 1. The number of rotatable bonds is 13. The van der Waals surface area contributed by atoms with Crippen molar-refractivity contribution in [3.63, 3.8) is 0 Å². The van der Waals surface area contributed by atoms with Gasteiger partial charge in [0.2, 0.25) is 6.54 Å². The van der Waals surface area contributed by atoms with Crippen molar-refractivity contribution in [2.75, 3.05) is 19.8 Å². The lowest BCUT2D eigenvalue weighted by Gasteiger charge is -2.19. The first kappa shape index (κ1) is 29.2. The summed E-state index contributed by atoms with van der Waals surface area (Å²) in [6.45, 7) is 6.06. The third-order valence-corrected chi connectivity index (χ3v) is 7.20. The van der Waals surface area contributed by atoms with Crippen LogP contribution in [0.2, 0.25) is 5.02 Å². The van der Waals surface area contributed by atoms with E-state index >= 15 is 0 Å². The van der Waals surface area contributed by atoms with Crippen molar-refractivity contribution in [3.8, 4) is 22.9 Å². The van der Waals surface area contributed by atoms with Crippen LogP contribution in [0.15, 0.2) is 65.8 Å². The lowest BCUT2D eigenvalue weighted by molar-refractivity contribution is -0.479. The van der Waals surface area contributed by atoms with Gasteiger partial charge in [-0.25, -0.2) is 4.39 Å². The van der Waals surface area contributed by atoms with E-state index in [0.29, 0.717) is 41.1 Å². The molecule has 0 N–H and O–H groups in total. The molecule has 0 aliphatic rings. The quantitative estimate of drug-likeness (QED) is 0.0951. The molecular weight excluding hydrogens is 559 g/mol. The number of benzene rings is 3. The Morgan fingerprint density at radius 3 is 2.48 bits per heavy atom. The van der Waals surface area contributed by atoms with E-state index in [4.69, 9.17) is 25.8 Å². The molecule has 0 bridgehead atoms. The zero-order chi connectivity index (χ0) is 28.6. The van der Waals surface area contributed by atoms with Crippen molar-refractivity contribution in [2.45, 2.75) is 37.8 Å². The van der Waals surface area contributed by atoms with Crippen molar-refractivity contribution in [2.24, 2.45) is 0 Å². The van der Waals surface area contributed by atoms with Gasteiger partial charge in [0.25, 0.3) is 0 Å². The summed E-state index contributed by atoms with van der Waals surface area (Å²) >= 11 is 7.82. The Morgan fingerprint density at radius 2 is 1.80 bits per heavy atom. The van der Waals surface area contributed by atoms with Gasteiger partial charge in [0.05, 0.1) is 18.2 Å². The van der Waals surface area contributed by atoms with Crippen molar-refractivity contribution in [1.82, 2.24) is 14.8 Å². The van der Waals surface area contributed by atoms with Crippen LogP contribution in [0, 0.1) is 22.9 Å². The smallest absolute Gasteiger partial charge is 0.220 e. The van der Waals surface area contributed by atoms with Gasteiger partial charge in [-0.3, -0.25) is 14.7 Å². The summed E-state index contributed by atoms with van der Waals surface area (Å²) in [6, 6.07) is 16.8. The van der Waals surface area contributed by atoms with E-state index in [0.717, 1.165) is 11.4 Å². The maximum atomic E-state index is 13.6. The van der Waals surface area contributed by atoms with E-state index in [9.17, 15) is 14.5 Å². The molecule has 0 amide bonds. The summed E-state index contributed by atoms with van der Waals surface area (Å²) in [5, 5.41) is 20.2. The summed E-state index contributed by atoms with van der Waals surface area (Å²) in [6.07, 6.45) is 0. The van der Waals surface area contributed by atoms with E-state index in [-0.39, 0.29) is 28.1 Å². The standard InChI is InChI=1S/C28H28ClFN4O5S/c1-4-37-23-11-9-22(10-12-23)34-18(3)31-32-28(34)40-26(16-33(35)36)20-14-24(29)27(25(15-20)38-5-2)39-17-19-7-6-8-21(30)13-19/h6-15,26H,4-5,16-17H2,1-3H3/t26-/m1/s1.